The van der Waals surface area contributed by atoms with Gasteiger partial charge in [0, 0.05) is 18.2 Å². The third kappa shape index (κ3) is 5.24. The fourth-order valence-electron chi connectivity index (χ4n) is 2.42. The van der Waals surface area contributed by atoms with Gasteiger partial charge < -0.3 is 19.9 Å². The average Bonchev–Trinajstić information content (AvgIpc) is 2.62. The highest BCUT2D eigenvalue weighted by atomic mass is 16.5. The molecule has 25 heavy (non-hydrogen) atoms. The van der Waals surface area contributed by atoms with Gasteiger partial charge in [-0.3, -0.25) is 4.79 Å². The van der Waals surface area contributed by atoms with Gasteiger partial charge in [0.1, 0.15) is 11.5 Å². The van der Waals surface area contributed by atoms with Crippen LogP contribution >= 0.6 is 0 Å². The summed E-state index contributed by atoms with van der Waals surface area (Å²) in [5.41, 5.74) is 1.78. The molecule has 1 amide bonds. The first-order chi connectivity index (χ1) is 12.0. The number of aromatic carboxylic acids is 1. The van der Waals surface area contributed by atoms with Crippen LogP contribution in [-0.4, -0.2) is 31.2 Å². The predicted molar refractivity (Wildman–Crippen MR) is 94.5 cm³/mol. The molecule has 2 rings (SSSR count). The van der Waals surface area contributed by atoms with Crippen molar-refractivity contribution in [2.24, 2.45) is 0 Å². The molecule has 0 fully saturated rings. The molecule has 0 saturated heterocycles. The number of nitrogens with one attached hydrogen (secondary N) is 1. The molecular formula is C19H21NO5. The van der Waals surface area contributed by atoms with Crippen LogP contribution in [0.25, 0.3) is 0 Å². The third-order valence-electron chi connectivity index (χ3n) is 3.76. The molecule has 0 unspecified atom stereocenters. The molecule has 0 heterocycles. The highest BCUT2D eigenvalue weighted by Gasteiger charge is 2.08. The Hall–Kier alpha value is -3.02. The van der Waals surface area contributed by atoms with Crippen molar-refractivity contribution in [2.45, 2.75) is 19.3 Å². The number of aryl methyl sites for hydroxylation is 1. The number of carboxylic acids is 1. The maximum absolute atomic E-state index is 12.0. The van der Waals surface area contributed by atoms with Crippen LogP contribution in [0.5, 0.6) is 11.5 Å². The number of benzene rings is 2. The van der Waals surface area contributed by atoms with Crippen LogP contribution in [0.4, 0.5) is 5.69 Å². The van der Waals surface area contributed by atoms with Crippen molar-refractivity contribution in [3.8, 4) is 11.5 Å². The van der Waals surface area contributed by atoms with Crippen molar-refractivity contribution in [2.75, 3.05) is 19.5 Å². The van der Waals surface area contributed by atoms with E-state index in [9.17, 15) is 9.59 Å². The second kappa shape index (κ2) is 8.73. The molecule has 0 aliphatic carbocycles. The molecule has 2 aromatic carbocycles. The topological polar surface area (TPSA) is 84.9 Å². The summed E-state index contributed by atoms with van der Waals surface area (Å²) in [5.74, 6) is 0.356. The molecule has 6 nitrogen and oxygen atoms in total. The number of methoxy groups -OCH3 is 2. The van der Waals surface area contributed by atoms with Gasteiger partial charge in [-0.25, -0.2) is 4.79 Å². The van der Waals surface area contributed by atoms with E-state index in [0.717, 1.165) is 17.1 Å². The van der Waals surface area contributed by atoms with Crippen LogP contribution in [0, 0.1) is 0 Å². The molecule has 2 N–H and O–H groups in total. The Bertz CT molecular complexity index is 740. The Balaban J connectivity index is 1.85. The van der Waals surface area contributed by atoms with E-state index in [1.165, 1.54) is 12.1 Å². The Kier molecular flexibility index (Phi) is 6.39. The van der Waals surface area contributed by atoms with Gasteiger partial charge in [-0.2, -0.15) is 0 Å². The quantitative estimate of drug-likeness (QED) is 0.768. The van der Waals surface area contributed by atoms with Gasteiger partial charge in [-0.15, -0.1) is 0 Å². The molecule has 0 atom stereocenters. The lowest BCUT2D eigenvalue weighted by atomic mass is 10.1. The molecule has 132 valence electrons. The van der Waals surface area contributed by atoms with Crippen LogP contribution in [0.15, 0.2) is 42.5 Å². The number of carbonyl (C=O) groups is 2. The van der Waals surface area contributed by atoms with Crippen LogP contribution in [0.2, 0.25) is 0 Å². The minimum atomic E-state index is -0.994. The smallest absolute Gasteiger partial charge is 0.335 e. The fraction of sp³-hybridized carbons (Fsp3) is 0.263. The highest BCUT2D eigenvalue weighted by Crippen LogP contribution is 2.25. The zero-order valence-corrected chi connectivity index (χ0v) is 14.2. The van der Waals surface area contributed by atoms with E-state index in [1.807, 2.05) is 18.2 Å². The molecule has 6 heteroatoms. The van der Waals surface area contributed by atoms with E-state index in [4.69, 9.17) is 14.6 Å². The monoisotopic (exact) mass is 343 g/mol. The minimum absolute atomic E-state index is 0.115. The van der Waals surface area contributed by atoms with Crippen molar-refractivity contribution < 1.29 is 24.2 Å². The second-order valence-corrected chi connectivity index (χ2v) is 5.46. The predicted octanol–water partition coefficient (Wildman–Crippen LogP) is 3.36. The van der Waals surface area contributed by atoms with E-state index >= 15 is 0 Å². The first-order valence-corrected chi connectivity index (χ1v) is 7.87. The average molecular weight is 343 g/mol. The van der Waals surface area contributed by atoms with E-state index in [0.29, 0.717) is 24.9 Å². The lowest BCUT2D eigenvalue weighted by molar-refractivity contribution is -0.116. The SMILES string of the molecule is COc1ccc(CCCC(=O)Nc2ccc(C(=O)O)cc2)c(OC)c1. The lowest BCUT2D eigenvalue weighted by Crippen LogP contribution is -2.11. The Labute approximate surface area is 146 Å². The van der Waals surface area contributed by atoms with Crippen LogP contribution < -0.4 is 14.8 Å². The number of amides is 1. The molecule has 2 aromatic rings. The van der Waals surface area contributed by atoms with Gasteiger partial charge in [0.05, 0.1) is 19.8 Å². The summed E-state index contributed by atoms with van der Waals surface area (Å²) in [5, 5.41) is 11.6. The first kappa shape index (κ1) is 18.3. The summed E-state index contributed by atoms with van der Waals surface area (Å²) < 4.78 is 10.5. The fourth-order valence-corrected chi connectivity index (χ4v) is 2.42. The number of ether oxygens (including phenoxy) is 2. The Morgan fingerprint density at radius 1 is 1.04 bits per heavy atom. The number of hydrogen-bond acceptors (Lipinski definition) is 4. The molecule has 0 radical (unpaired) electrons. The normalized spacial score (nSPS) is 10.2. The number of anilines is 1. The maximum atomic E-state index is 12.0. The highest BCUT2D eigenvalue weighted by molar-refractivity contribution is 5.92. The van der Waals surface area contributed by atoms with Crippen LogP contribution in [-0.2, 0) is 11.2 Å². The third-order valence-corrected chi connectivity index (χ3v) is 3.76. The van der Waals surface area contributed by atoms with Gasteiger partial charge in [0.25, 0.3) is 0 Å². The van der Waals surface area contributed by atoms with Gasteiger partial charge in [0.15, 0.2) is 0 Å². The Morgan fingerprint density at radius 3 is 2.36 bits per heavy atom. The number of rotatable bonds is 8. The number of hydrogen-bond donors (Lipinski definition) is 2. The maximum Gasteiger partial charge on any atom is 0.335 e. The summed E-state index contributed by atoms with van der Waals surface area (Å²) >= 11 is 0. The lowest BCUT2D eigenvalue weighted by Gasteiger charge is -2.10. The number of carbonyl (C=O) groups excluding carboxylic acids is 1. The Morgan fingerprint density at radius 2 is 1.76 bits per heavy atom. The number of carboxylic acid groups (broad SMARTS) is 1. The molecule has 0 aliphatic rings. The zero-order chi connectivity index (χ0) is 18.2. The standard InChI is InChI=1S/C19H21NO5/c1-24-16-11-8-13(17(12-16)25-2)4-3-5-18(21)20-15-9-6-14(7-10-15)19(22)23/h6-12H,3-5H2,1-2H3,(H,20,21)(H,22,23). The van der Waals surface area contributed by atoms with Crippen LogP contribution in [0.1, 0.15) is 28.8 Å². The first-order valence-electron chi connectivity index (χ1n) is 7.87. The van der Waals surface area contributed by atoms with E-state index in [1.54, 1.807) is 26.4 Å². The summed E-state index contributed by atoms with van der Waals surface area (Å²) in [6, 6.07) is 11.7. The van der Waals surface area contributed by atoms with Gasteiger partial charge >= 0.3 is 5.97 Å². The van der Waals surface area contributed by atoms with Crippen molar-refractivity contribution in [1.29, 1.82) is 0 Å². The summed E-state index contributed by atoms with van der Waals surface area (Å²) in [7, 11) is 3.20. The van der Waals surface area contributed by atoms with Gasteiger partial charge in [-0.1, -0.05) is 6.07 Å². The molecule has 0 spiro atoms. The second-order valence-electron chi connectivity index (χ2n) is 5.46. The molecule has 0 aromatic heterocycles. The largest absolute Gasteiger partial charge is 0.497 e. The molecule has 0 aliphatic heterocycles. The molecular weight excluding hydrogens is 322 g/mol. The van der Waals surface area contributed by atoms with Crippen LogP contribution in [0.3, 0.4) is 0 Å². The minimum Gasteiger partial charge on any atom is -0.497 e. The van der Waals surface area contributed by atoms with Gasteiger partial charge in [-0.05, 0) is 48.7 Å². The van der Waals surface area contributed by atoms with Gasteiger partial charge in [0.2, 0.25) is 5.91 Å². The summed E-state index contributed by atoms with van der Waals surface area (Å²) in [4.78, 5) is 22.8. The van der Waals surface area contributed by atoms with E-state index in [-0.39, 0.29) is 11.5 Å². The van der Waals surface area contributed by atoms with E-state index in [2.05, 4.69) is 5.32 Å². The molecule has 0 saturated carbocycles. The zero-order valence-electron chi connectivity index (χ0n) is 14.2. The van der Waals surface area contributed by atoms with Crippen molar-refractivity contribution in [3.63, 3.8) is 0 Å². The molecule has 0 bridgehead atoms. The van der Waals surface area contributed by atoms with Crippen molar-refractivity contribution in [3.05, 3.63) is 53.6 Å². The van der Waals surface area contributed by atoms with Crippen molar-refractivity contribution >= 4 is 17.6 Å². The summed E-state index contributed by atoms with van der Waals surface area (Å²) in [6.45, 7) is 0. The van der Waals surface area contributed by atoms with Crippen molar-refractivity contribution in [1.82, 2.24) is 0 Å². The summed E-state index contributed by atoms with van der Waals surface area (Å²) in [6.07, 6.45) is 1.73. The van der Waals surface area contributed by atoms with E-state index < -0.39 is 5.97 Å².